The lowest BCUT2D eigenvalue weighted by Gasteiger charge is -2.38. The smallest absolute Gasteiger partial charge is 0.246 e. The Hall–Kier alpha value is -2.71. The summed E-state index contributed by atoms with van der Waals surface area (Å²) >= 11 is 0. The summed E-state index contributed by atoms with van der Waals surface area (Å²) in [6, 6.07) is 6.96. The van der Waals surface area contributed by atoms with Crippen LogP contribution >= 0.6 is 0 Å². The summed E-state index contributed by atoms with van der Waals surface area (Å²) in [6.07, 6.45) is 9.76. The third kappa shape index (κ3) is 5.30. The van der Waals surface area contributed by atoms with E-state index in [-0.39, 0.29) is 23.8 Å². The fraction of sp³-hybridized carbons (Fsp3) is 0.676. The first-order chi connectivity index (χ1) is 20.2. The zero-order valence-corrected chi connectivity index (χ0v) is 25.7. The number of nitrogens with one attached hydrogen (secondary N) is 2. The summed E-state index contributed by atoms with van der Waals surface area (Å²) in [5.74, 6) is -0.315. The molecule has 1 aromatic carbocycles. The van der Waals surface area contributed by atoms with Gasteiger partial charge in [-0.2, -0.15) is 0 Å². The lowest BCUT2D eigenvalue weighted by atomic mass is 9.73. The van der Waals surface area contributed by atoms with Crippen LogP contribution in [0.2, 0.25) is 0 Å². The number of rotatable bonds is 8. The van der Waals surface area contributed by atoms with E-state index in [4.69, 9.17) is 4.74 Å². The Morgan fingerprint density at radius 3 is 2.69 bits per heavy atom. The average Bonchev–Trinajstić information content (AvgIpc) is 3.59. The number of likely N-dealkylation sites (tertiary alicyclic amines) is 2. The maximum Gasteiger partial charge on any atom is 0.246 e. The Bertz CT molecular complexity index is 1230. The molecule has 4 heterocycles. The van der Waals surface area contributed by atoms with E-state index in [1.54, 1.807) is 4.90 Å². The minimum Gasteiger partial charge on any atom is -0.359 e. The summed E-state index contributed by atoms with van der Waals surface area (Å²) in [5.41, 5.74) is 0.625. The van der Waals surface area contributed by atoms with Crippen LogP contribution in [0.25, 0.3) is 0 Å². The second-order valence-corrected chi connectivity index (χ2v) is 13.9. The lowest BCUT2D eigenvalue weighted by Crippen LogP contribution is -2.58. The Morgan fingerprint density at radius 1 is 1.07 bits per heavy atom. The molecule has 1 aromatic rings. The van der Waals surface area contributed by atoms with Crippen LogP contribution in [0.1, 0.15) is 64.9 Å². The molecular weight excluding hydrogens is 528 g/mol. The van der Waals surface area contributed by atoms with Crippen molar-refractivity contribution in [2.24, 2.45) is 29.6 Å². The predicted octanol–water partition coefficient (Wildman–Crippen LogP) is 4.15. The van der Waals surface area contributed by atoms with Gasteiger partial charge in [-0.15, -0.1) is 0 Å². The van der Waals surface area contributed by atoms with Crippen LogP contribution in [-0.4, -0.2) is 77.5 Å². The topological polar surface area (TPSA) is 91.0 Å². The molecule has 6 rings (SSSR count). The molecule has 1 aliphatic carbocycles. The van der Waals surface area contributed by atoms with Crippen molar-refractivity contribution in [3.8, 4) is 0 Å². The third-order valence-electron chi connectivity index (χ3n) is 10.9. The monoisotopic (exact) mass is 576 g/mol. The minimum atomic E-state index is -1.12. The second-order valence-electron chi connectivity index (χ2n) is 13.9. The van der Waals surface area contributed by atoms with Crippen molar-refractivity contribution in [3.63, 3.8) is 0 Å². The largest absolute Gasteiger partial charge is 0.359 e. The van der Waals surface area contributed by atoms with E-state index in [2.05, 4.69) is 36.3 Å². The van der Waals surface area contributed by atoms with Gasteiger partial charge in [0.25, 0.3) is 0 Å². The summed E-state index contributed by atoms with van der Waals surface area (Å²) < 4.78 is 6.56. The average molecular weight is 577 g/mol. The van der Waals surface area contributed by atoms with Crippen LogP contribution in [0.4, 0.5) is 5.69 Å². The van der Waals surface area contributed by atoms with Crippen LogP contribution in [0.3, 0.4) is 0 Å². The normalized spacial score (nSPS) is 37.6. The lowest BCUT2D eigenvalue weighted by molar-refractivity contribution is -0.141. The zero-order chi connectivity index (χ0) is 29.6. The predicted molar refractivity (Wildman–Crippen MR) is 163 cm³/mol. The molecule has 42 heavy (non-hydrogen) atoms. The number of hydrogen-bond acceptors (Lipinski definition) is 5. The van der Waals surface area contributed by atoms with Gasteiger partial charge >= 0.3 is 0 Å². The maximum absolute atomic E-state index is 14.3. The molecule has 228 valence electrons. The van der Waals surface area contributed by atoms with E-state index in [0.717, 1.165) is 44.5 Å². The van der Waals surface area contributed by atoms with Crippen molar-refractivity contribution in [1.29, 1.82) is 0 Å². The van der Waals surface area contributed by atoms with Crippen molar-refractivity contribution in [1.82, 2.24) is 15.1 Å². The molecule has 8 heteroatoms. The molecule has 2 N–H and O–H groups in total. The van der Waals surface area contributed by atoms with Crippen LogP contribution in [-0.2, 0) is 19.1 Å². The highest BCUT2D eigenvalue weighted by Gasteiger charge is 2.72. The van der Waals surface area contributed by atoms with E-state index >= 15 is 0 Å². The summed E-state index contributed by atoms with van der Waals surface area (Å²) in [6.45, 7) is 12.3. The minimum absolute atomic E-state index is 0.0755. The number of carbonyl (C=O) groups excluding carboxylic acids is 3. The van der Waals surface area contributed by atoms with E-state index in [1.165, 1.54) is 19.3 Å². The fourth-order valence-electron chi connectivity index (χ4n) is 8.46. The summed E-state index contributed by atoms with van der Waals surface area (Å²) in [7, 11) is 0. The van der Waals surface area contributed by atoms with Gasteiger partial charge in [-0.25, -0.2) is 0 Å². The molecule has 5 aliphatic rings. The van der Waals surface area contributed by atoms with Crippen LogP contribution in [0, 0.1) is 36.5 Å². The van der Waals surface area contributed by atoms with E-state index in [0.29, 0.717) is 30.0 Å². The molecule has 1 saturated carbocycles. The molecule has 2 bridgehead atoms. The Morgan fingerprint density at radius 2 is 1.90 bits per heavy atom. The van der Waals surface area contributed by atoms with Gasteiger partial charge in [-0.3, -0.25) is 14.4 Å². The van der Waals surface area contributed by atoms with Crippen molar-refractivity contribution in [2.75, 3.05) is 31.5 Å². The molecule has 0 aromatic heterocycles. The van der Waals surface area contributed by atoms with Crippen molar-refractivity contribution >= 4 is 23.4 Å². The van der Waals surface area contributed by atoms with Gasteiger partial charge in [0.05, 0.1) is 17.9 Å². The molecule has 0 radical (unpaired) electrons. The second kappa shape index (κ2) is 11.8. The molecule has 0 unspecified atom stereocenters. The van der Waals surface area contributed by atoms with Crippen molar-refractivity contribution < 1.29 is 19.1 Å². The van der Waals surface area contributed by atoms with Gasteiger partial charge in [0, 0.05) is 24.8 Å². The molecule has 3 amide bonds. The number of fused-ring (bicyclic) bond motifs is 1. The molecule has 3 saturated heterocycles. The van der Waals surface area contributed by atoms with Gasteiger partial charge in [-0.1, -0.05) is 57.9 Å². The number of anilines is 1. The first-order valence-electron chi connectivity index (χ1n) is 16.3. The van der Waals surface area contributed by atoms with Gasteiger partial charge in [0.1, 0.15) is 11.6 Å². The van der Waals surface area contributed by atoms with Crippen molar-refractivity contribution in [3.05, 3.63) is 42.0 Å². The Labute approximate surface area is 250 Å². The molecular formula is C34H48N4O4. The number of benzene rings is 1. The van der Waals surface area contributed by atoms with Crippen LogP contribution < -0.4 is 10.6 Å². The highest BCUT2D eigenvalue weighted by atomic mass is 16.5. The molecule has 4 fully saturated rings. The summed E-state index contributed by atoms with van der Waals surface area (Å²) in [5, 5.41) is 6.39. The number of aryl methyl sites for hydroxylation is 1. The van der Waals surface area contributed by atoms with Gasteiger partial charge in [0.2, 0.25) is 17.7 Å². The number of nitrogens with zero attached hydrogens (tertiary/aromatic N) is 2. The zero-order valence-electron chi connectivity index (χ0n) is 25.7. The molecule has 4 aliphatic heterocycles. The molecule has 9 atom stereocenters. The number of piperidine rings is 1. The summed E-state index contributed by atoms with van der Waals surface area (Å²) in [4.78, 5) is 46.5. The number of hydrogen-bond donors (Lipinski definition) is 2. The van der Waals surface area contributed by atoms with E-state index < -0.39 is 29.6 Å². The Balaban J connectivity index is 1.24. The number of carbonyl (C=O) groups is 3. The van der Waals surface area contributed by atoms with E-state index in [9.17, 15) is 14.4 Å². The van der Waals surface area contributed by atoms with Crippen LogP contribution in [0.5, 0.6) is 0 Å². The quantitative estimate of drug-likeness (QED) is 0.454. The van der Waals surface area contributed by atoms with E-state index in [1.807, 2.05) is 43.3 Å². The van der Waals surface area contributed by atoms with Gasteiger partial charge in [0.15, 0.2) is 0 Å². The molecule has 8 nitrogen and oxygen atoms in total. The van der Waals surface area contributed by atoms with Gasteiger partial charge in [-0.05, 0) is 81.1 Å². The number of amides is 3. The Kier molecular flexibility index (Phi) is 8.22. The van der Waals surface area contributed by atoms with Gasteiger partial charge < -0.3 is 25.2 Å². The molecule has 1 spiro atoms. The first-order valence-corrected chi connectivity index (χ1v) is 16.3. The fourth-order valence-corrected chi connectivity index (χ4v) is 8.46. The highest BCUT2D eigenvalue weighted by molar-refractivity contribution is 6.02. The number of ether oxygens (including phenoxy) is 1. The standard InChI is InChI=1S/C34H48N4O4/c1-21-9-5-12-25(19-21)35-31(39)28-27-14-15-34(42-27)29(28)33(41)38(18-8-17-37-16-7-10-22(2)20-37)30(34)32(40)36-26-13-6-11-23(3)24(26)4/h5,9,12,14-15,19,22-24,26-30H,6-8,10-11,13,16-18,20H2,1-4H3,(H,35,39)(H,36,40)/t22-,23-,24-,26+,27-,28+,29-,30-,34-/m0/s1. The van der Waals surface area contributed by atoms with Crippen molar-refractivity contribution in [2.45, 2.75) is 90.0 Å². The maximum atomic E-state index is 14.3. The SMILES string of the molecule is Cc1cccc(NC(=O)[C@@H]2[C@@H]3C=C[C@]4(O3)[C@@H]2C(=O)N(CCCN2CCC[C@H](C)C2)[C@H]4C(=O)N[C@@H]2CCC[C@H](C)[C@@H]2C)c1. The van der Waals surface area contributed by atoms with Crippen LogP contribution in [0.15, 0.2) is 36.4 Å². The highest BCUT2D eigenvalue weighted by Crippen LogP contribution is 2.55. The third-order valence-corrected chi connectivity index (χ3v) is 10.9. The first kappa shape index (κ1) is 29.4.